The lowest BCUT2D eigenvalue weighted by molar-refractivity contribution is 0.590. The van der Waals surface area contributed by atoms with Crippen molar-refractivity contribution in [2.45, 2.75) is 105 Å². The number of nitrogens with zero attached hydrogens (tertiary/aromatic N) is 5. The van der Waals surface area contributed by atoms with E-state index in [4.69, 9.17) is 4.11 Å². The van der Waals surface area contributed by atoms with Crippen LogP contribution in [0.3, 0.4) is 0 Å². The van der Waals surface area contributed by atoms with Gasteiger partial charge in [0.15, 0.2) is 0 Å². The van der Waals surface area contributed by atoms with Gasteiger partial charge in [-0.3, -0.25) is 0 Å². The zero-order chi connectivity index (χ0) is 88.5. The summed E-state index contributed by atoms with van der Waals surface area (Å²) in [6.07, 6.45) is 0. The monoisotopic (exact) mass is 1530 g/mol. The number of rotatable bonds is 12. The summed E-state index contributed by atoms with van der Waals surface area (Å²) in [5.74, 6) is 0. The van der Waals surface area contributed by atoms with Crippen LogP contribution in [0.25, 0.3) is 111 Å². The fourth-order valence-electron chi connectivity index (χ4n) is 18.1. The van der Waals surface area contributed by atoms with Gasteiger partial charge in [-0.05, 0) is 244 Å². The molecule has 0 unspecified atom stereocenters. The molecule has 0 fully saturated rings. The Kier molecular flexibility index (Phi) is 15.3. The standard InChI is InChI=1S/C112H96BN5/c1-109(2,3)81-43-33-42-77(61-81)80-64-105-107-106(65-80)118(108-92(75-38-23-15-24-39-75)68-84(112(10,11)12)69-93(108)76-40-25-16-26-41-76)104-72-89(116-100-57-50-82(110(4,5)6)66-94(100)95-67-83(111(7,8)9)51-58-101(95)116)53-56-98(104)113(107)97-55-52-88(71-103(97)117(105)90-62-78(73-34-19-13-20-35-73)60-79(63-90)74-36-21-14-22-37-74)115-99-49-32-31-48-91(99)96-70-87(54-59-102(96)115)114(85-44-27-17-28-45-85)86-46-29-18-30-47-86/h13-72H,1-12H3/i17D,27D,28D,31D,32D,44D,45D,48D,49D. The lowest BCUT2D eigenvalue weighted by Crippen LogP contribution is -2.61. The average Bonchev–Trinajstić information content (AvgIpc) is 1.39. The quantitative estimate of drug-likeness (QED) is 0.114. The lowest BCUT2D eigenvalue weighted by Gasteiger charge is -2.45. The van der Waals surface area contributed by atoms with Crippen molar-refractivity contribution in [1.29, 1.82) is 0 Å². The van der Waals surface area contributed by atoms with Gasteiger partial charge in [-0.15, -0.1) is 0 Å². The SMILES string of the molecule is [2H]c1c([2H])c([2H])c(N(c2ccccc2)c2ccc3c(c2)c2c([2H])c([2H])c([2H])c([2H])c2n3-c2ccc3c(c2)N(c2cc(-c4ccccc4)cc(-c4ccccc4)c2)c2cc(-c4cccc(C(C)(C)C)c4)cc4c2B3c2ccc(-n3c5ccc(C(C)(C)C)cc5c5cc(C(C)(C)C)ccc53)cc2N4c2c(-c3ccccc3)cc(C(C)(C)C)cc2-c2ccccc2)c([2H])c1[2H]. The molecular weight excluding hydrogens is 1430 g/mol. The number of anilines is 9. The van der Waals surface area contributed by atoms with Gasteiger partial charge in [0.05, 0.1) is 40.1 Å². The van der Waals surface area contributed by atoms with Crippen LogP contribution in [0.5, 0.6) is 0 Å². The third-order valence-corrected chi connectivity index (χ3v) is 24.2. The molecule has 4 heterocycles. The van der Waals surface area contributed by atoms with Crippen molar-refractivity contribution in [2.24, 2.45) is 0 Å². The molecule has 18 aromatic rings. The largest absolute Gasteiger partial charge is 0.311 e. The summed E-state index contributed by atoms with van der Waals surface area (Å²) in [6.45, 7) is 27.0. The van der Waals surface area contributed by atoms with Gasteiger partial charge in [0.2, 0.25) is 0 Å². The Balaban J connectivity index is 0.950. The van der Waals surface area contributed by atoms with Crippen LogP contribution in [-0.4, -0.2) is 15.8 Å². The minimum Gasteiger partial charge on any atom is -0.311 e. The zero-order valence-electron chi connectivity index (χ0n) is 77.8. The molecule has 0 saturated heterocycles. The molecule has 20 rings (SSSR count). The molecule has 2 aliphatic heterocycles. The summed E-state index contributed by atoms with van der Waals surface area (Å²) in [6, 6.07) is 108. The molecule has 118 heavy (non-hydrogen) atoms. The molecule has 6 heteroatoms. The highest BCUT2D eigenvalue weighted by molar-refractivity contribution is 7.00. The van der Waals surface area contributed by atoms with Gasteiger partial charge in [0, 0.05) is 89.5 Å². The van der Waals surface area contributed by atoms with Crippen molar-refractivity contribution in [3.8, 4) is 67.0 Å². The molecule has 0 atom stereocenters. The zero-order valence-corrected chi connectivity index (χ0v) is 68.8. The Labute approximate surface area is 707 Å². The number of fused-ring (bicyclic) bond motifs is 10. The summed E-state index contributed by atoms with van der Waals surface area (Å²) < 4.78 is 89.3. The van der Waals surface area contributed by atoms with E-state index >= 15 is 0 Å². The highest BCUT2D eigenvalue weighted by Crippen LogP contribution is 2.55. The van der Waals surface area contributed by atoms with Crippen molar-refractivity contribution in [1.82, 2.24) is 9.13 Å². The Hall–Kier alpha value is -13.4. The molecule has 0 spiro atoms. The first-order chi connectivity index (χ1) is 60.8. The summed E-state index contributed by atoms with van der Waals surface area (Å²) in [4.78, 5) is 6.74. The van der Waals surface area contributed by atoms with Gasteiger partial charge >= 0.3 is 0 Å². The smallest absolute Gasteiger partial charge is 0.252 e. The number of hydrogen-bond donors (Lipinski definition) is 0. The molecule has 572 valence electrons. The van der Waals surface area contributed by atoms with Crippen LogP contribution in [0, 0.1) is 0 Å². The fraction of sp³-hybridized carbons (Fsp3) is 0.143. The van der Waals surface area contributed by atoms with Gasteiger partial charge < -0.3 is 23.8 Å². The Bertz CT molecular complexity index is 7330. The fourth-order valence-corrected chi connectivity index (χ4v) is 18.1. The van der Waals surface area contributed by atoms with Gasteiger partial charge in [0.1, 0.15) is 0 Å². The van der Waals surface area contributed by atoms with Crippen molar-refractivity contribution in [3.05, 3.63) is 386 Å². The Morgan fingerprint density at radius 2 is 0.695 bits per heavy atom. The van der Waals surface area contributed by atoms with E-state index in [0.717, 1.165) is 123 Å². The van der Waals surface area contributed by atoms with Crippen LogP contribution >= 0.6 is 0 Å². The van der Waals surface area contributed by atoms with E-state index in [1.807, 2.05) is 53.1 Å². The van der Waals surface area contributed by atoms with E-state index in [-0.39, 0.29) is 50.3 Å². The molecule has 0 radical (unpaired) electrons. The predicted octanol–water partition coefficient (Wildman–Crippen LogP) is 29.0. The number of benzene rings is 16. The third-order valence-electron chi connectivity index (χ3n) is 24.2. The minimum absolute atomic E-state index is 0.0799. The molecule has 0 amide bonds. The van der Waals surface area contributed by atoms with Crippen LogP contribution in [0.1, 0.15) is 118 Å². The molecule has 2 aromatic heterocycles. The first-order valence-corrected chi connectivity index (χ1v) is 41.1. The van der Waals surface area contributed by atoms with E-state index in [0.29, 0.717) is 28.0 Å². The van der Waals surface area contributed by atoms with Crippen LogP contribution < -0.4 is 31.1 Å². The summed E-state index contributed by atoms with van der Waals surface area (Å²) in [5.41, 5.74) is 28.5. The maximum atomic E-state index is 10.2. The summed E-state index contributed by atoms with van der Waals surface area (Å²) in [7, 11) is 0. The van der Waals surface area contributed by atoms with Crippen molar-refractivity contribution < 1.29 is 12.3 Å². The molecule has 16 aromatic carbocycles. The Morgan fingerprint density at radius 1 is 0.263 bits per heavy atom. The van der Waals surface area contributed by atoms with Gasteiger partial charge in [-0.25, -0.2) is 0 Å². The molecule has 2 aliphatic rings. The first kappa shape index (κ1) is 63.8. The molecule has 0 N–H and O–H groups in total. The topological polar surface area (TPSA) is 19.6 Å². The van der Waals surface area contributed by atoms with E-state index < -0.39 is 49.0 Å². The van der Waals surface area contributed by atoms with Gasteiger partial charge in [0.25, 0.3) is 6.71 Å². The van der Waals surface area contributed by atoms with Crippen LogP contribution in [0.4, 0.5) is 51.2 Å². The van der Waals surface area contributed by atoms with Crippen LogP contribution in [-0.2, 0) is 21.7 Å². The lowest BCUT2D eigenvalue weighted by atomic mass is 9.33. The molecule has 0 bridgehead atoms. The summed E-state index contributed by atoms with van der Waals surface area (Å²) in [5, 5.41) is 3.06. The van der Waals surface area contributed by atoms with Crippen molar-refractivity contribution in [3.63, 3.8) is 0 Å². The minimum atomic E-state index is -0.527. The highest BCUT2D eigenvalue weighted by atomic mass is 15.2. The molecular formula is C112H96BN5. The molecule has 5 nitrogen and oxygen atoms in total. The number of para-hydroxylation sites is 3. The van der Waals surface area contributed by atoms with E-state index in [1.165, 1.54) is 33.0 Å². The van der Waals surface area contributed by atoms with Crippen LogP contribution in [0.15, 0.2) is 364 Å². The van der Waals surface area contributed by atoms with Gasteiger partial charge in [-0.2, -0.15) is 0 Å². The third kappa shape index (κ3) is 12.7. The molecule has 0 aliphatic carbocycles. The predicted molar refractivity (Wildman–Crippen MR) is 506 cm³/mol. The number of hydrogen-bond acceptors (Lipinski definition) is 3. The van der Waals surface area contributed by atoms with E-state index in [2.05, 4.69) is 358 Å². The van der Waals surface area contributed by atoms with Crippen molar-refractivity contribution >= 4 is 118 Å². The normalized spacial score (nSPS) is 13.9. The second-order valence-electron chi connectivity index (χ2n) is 36.0. The second-order valence-corrected chi connectivity index (χ2v) is 36.0. The van der Waals surface area contributed by atoms with Gasteiger partial charge in [-0.1, -0.05) is 307 Å². The molecule has 0 saturated carbocycles. The van der Waals surface area contributed by atoms with E-state index in [1.54, 1.807) is 4.90 Å². The summed E-state index contributed by atoms with van der Waals surface area (Å²) >= 11 is 0. The maximum Gasteiger partial charge on any atom is 0.252 e. The maximum absolute atomic E-state index is 10.2. The van der Waals surface area contributed by atoms with Crippen molar-refractivity contribution in [2.75, 3.05) is 14.7 Å². The second kappa shape index (κ2) is 28.2. The van der Waals surface area contributed by atoms with Crippen LogP contribution in [0.2, 0.25) is 0 Å². The first-order valence-electron chi connectivity index (χ1n) is 45.6. The highest BCUT2D eigenvalue weighted by Gasteiger charge is 2.46. The number of aromatic nitrogens is 2. The van der Waals surface area contributed by atoms with E-state index in [9.17, 15) is 8.22 Å². The Morgan fingerprint density at radius 3 is 1.22 bits per heavy atom. The average molecular weight is 1530 g/mol.